The molecule has 1 spiro atoms. The molecule has 8 nitrogen and oxygen atoms in total. The van der Waals surface area contributed by atoms with Gasteiger partial charge in [0.1, 0.15) is 5.52 Å². The standard InChI is InChI=1S/C17H21N5O3/c1-11(2)22-10-19-13-6-12(7-18-14(13)22)15(23)21-5-4-17(9-21)8-20(3)16(24)25-17/h6-7,10-11H,4-5,8-9H2,1-3H3. The van der Waals surface area contributed by atoms with Gasteiger partial charge in [0.15, 0.2) is 11.2 Å². The Balaban J connectivity index is 1.56. The zero-order valence-electron chi connectivity index (χ0n) is 14.6. The zero-order chi connectivity index (χ0) is 17.8. The van der Waals surface area contributed by atoms with Crippen LogP contribution in [0.5, 0.6) is 0 Å². The predicted octanol–water partition coefficient (Wildman–Crippen LogP) is 1.68. The third-order valence-corrected chi connectivity index (χ3v) is 4.96. The molecule has 0 radical (unpaired) electrons. The van der Waals surface area contributed by atoms with E-state index in [-0.39, 0.29) is 18.0 Å². The minimum absolute atomic E-state index is 0.101. The zero-order valence-corrected chi connectivity index (χ0v) is 14.6. The first-order valence-electron chi connectivity index (χ1n) is 8.44. The maximum atomic E-state index is 12.8. The largest absolute Gasteiger partial charge is 0.439 e. The van der Waals surface area contributed by atoms with Crippen molar-refractivity contribution in [1.82, 2.24) is 24.3 Å². The molecule has 0 bridgehead atoms. The van der Waals surface area contributed by atoms with Crippen molar-refractivity contribution < 1.29 is 14.3 Å². The molecule has 2 aromatic heterocycles. The highest BCUT2D eigenvalue weighted by atomic mass is 16.6. The lowest BCUT2D eigenvalue weighted by Crippen LogP contribution is -2.39. The lowest BCUT2D eigenvalue weighted by Gasteiger charge is -2.21. The summed E-state index contributed by atoms with van der Waals surface area (Å²) < 4.78 is 7.47. The van der Waals surface area contributed by atoms with Crippen molar-refractivity contribution in [3.63, 3.8) is 0 Å². The van der Waals surface area contributed by atoms with Gasteiger partial charge in [-0.25, -0.2) is 14.8 Å². The second kappa shape index (κ2) is 5.44. The number of fused-ring (bicyclic) bond motifs is 1. The van der Waals surface area contributed by atoms with Crippen LogP contribution in [-0.4, -0.2) is 68.6 Å². The smallest absolute Gasteiger partial charge is 0.410 e. The number of rotatable bonds is 2. The van der Waals surface area contributed by atoms with Crippen molar-refractivity contribution >= 4 is 23.2 Å². The number of likely N-dealkylation sites (tertiary alicyclic amines) is 1. The maximum Gasteiger partial charge on any atom is 0.410 e. The van der Waals surface area contributed by atoms with Crippen LogP contribution in [0.1, 0.15) is 36.7 Å². The van der Waals surface area contributed by atoms with E-state index in [2.05, 4.69) is 23.8 Å². The third kappa shape index (κ3) is 2.52. The van der Waals surface area contributed by atoms with Crippen LogP contribution in [0.15, 0.2) is 18.6 Å². The van der Waals surface area contributed by atoms with Gasteiger partial charge in [0.05, 0.1) is 25.0 Å². The average molecular weight is 343 g/mol. The fraction of sp³-hybridized carbons (Fsp3) is 0.529. The molecule has 2 saturated heterocycles. The molecule has 25 heavy (non-hydrogen) atoms. The Morgan fingerprint density at radius 3 is 2.80 bits per heavy atom. The van der Waals surface area contributed by atoms with E-state index >= 15 is 0 Å². The highest BCUT2D eigenvalue weighted by Gasteiger charge is 2.49. The van der Waals surface area contributed by atoms with Gasteiger partial charge < -0.3 is 19.1 Å². The number of nitrogens with zero attached hydrogens (tertiary/aromatic N) is 5. The van der Waals surface area contributed by atoms with Crippen molar-refractivity contribution in [2.45, 2.75) is 31.9 Å². The van der Waals surface area contributed by atoms with Crippen LogP contribution in [0.4, 0.5) is 4.79 Å². The molecule has 2 aliphatic heterocycles. The van der Waals surface area contributed by atoms with Crippen LogP contribution in [0, 0.1) is 0 Å². The van der Waals surface area contributed by atoms with Crippen LogP contribution in [0.2, 0.25) is 0 Å². The van der Waals surface area contributed by atoms with E-state index in [9.17, 15) is 9.59 Å². The SMILES string of the molecule is CC(C)n1cnc2cc(C(=O)N3CCC4(CN(C)C(=O)O4)C3)cnc21. The lowest BCUT2D eigenvalue weighted by molar-refractivity contribution is 0.0553. The Morgan fingerprint density at radius 1 is 1.32 bits per heavy atom. The fourth-order valence-corrected chi connectivity index (χ4v) is 3.62. The molecule has 2 fully saturated rings. The van der Waals surface area contributed by atoms with Crippen LogP contribution in [0.25, 0.3) is 11.2 Å². The summed E-state index contributed by atoms with van der Waals surface area (Å²) in [5.41, 5.74) is 1.42. The van der Waals surface area contributed by atoms with Crippen LogP contribution < -0.4 is 0 Å². The number of imidazole rings is 1. The molecule has 0 aliphatic carbocycles. The topological polar surface area (TPSA) is 80.6 Å². The Hall–Kier alpha value is -2.64. The number of pyridine rings is 1. The maximum absolute atomic E-state index is 12.8. The molecule has 2 aliphatic rings. The van der Waals surface area contributed by atoms with Gasteiger partial charge in [-0.2, -0.15) is 0 Å². The Kier molecular flexibility index (Phi) is 3.45. The highest BCUT2D eigenvalue weighted by Crippen LogP contribution is 2.32. The number of likely N-dealkylation sites (N-methyl/N-ethyl adjacent to an activating group) is 1. The van der Waals surface area contributed by atoms with E-state index in [4.69, 9.17) is 4.74 Å². The van der Waals surface area contributed by atoms with E-state index in [1.807, 2.05) is 4.57 Å². The van der Waals surface area contributed by atoms with Gasteiger partial charge in [-0.3, -0.25) is 4.79 Å². The number of carbonyl (C=O) groups excluding carboxylic acids is 2. The number of hydrogen-bond acceptors (Lipinski definition) is 5. The monoisotopic (exact) mass is 343 g/mol. The minimum Gasteiger partial charge on any atom is -0.439 e. The molecular weight excluding hydrogens is 322 g/mol. The van der Waals surface area contributed by atoms with Crippen molar-refractivity contribution in [3.8, 4) is 0 Å². The molecule has 0 N–H and O–H groups in total. The highest BCUT2D eigenvalue weighted by molar-refractivity contribution is 5.96. The third-order valence-electron chi connectivity index (χ3n) is 4.96. The van der Waals surface area contributed by atoms with Gasteiger partial charge in [-0.05, 0) is 19.9 Å². The summed E-state index contributed by atoms with van der Waals surface area (Å²) in [7, 11) is 1.71. The quantitative estimate of drug-likeness (QED) is 0.829. The van der Waals surface area contributed by atoms with Gasteiger partial charge in [0.25, 0.3) is 5.91 Å². The van der Waals surface area contributed by atoms with Crippen LogP contribution in [0.3, 0.4) is 0 Å². The molecule has 1 atom stereocenters. The lowest BCUT2D eigenvalue weighted by atomic mass is 10.0. The number of ether oxygens (including phenoxy) is 1. The number of carbonyl (C=O) groups is 2. The molecule has 0 saturated carbocycles. The molecule has 2 amide bonds. The van der Waals surface area contributed by atoms with Gasteiger partial charge in [-0.15, -0.1) is 0 Å². The second-order valence-corrected chi connectivity index (χ2v) is 7.20. The van der Waals surface area contributed by atoms with Crippen molar-refractivity contribution in [2.24, 2.45) is 0 Å². The summed E-state index contributed by atoms with van der Waals surface area (Å²) in [4.78, 5) is 36.6. The van der Waals surface area contributed by atoms with Gasteiger partial charge >= 0.3 is 6.09 Å². The van der Waals surface area contributed by atoms with Crippen LogP contribution in [-0.2, 0) is 4.74 Å². The minimum atomic E-state index is -0.571. The number of aromatic nitrogens is 3. The fourth-order valence-electron chi connectivity index (χ4n) is 3.62. The molecular formula is C17H21N5O3. The summed E-state index contributed by atoms with van der Waals surface area (Å²) in [6.45, 7) is 5.63. The average Bonchev–Trinajstić information content (AvgIpc) is 3.24. The summed E-state index contributed by atoms with van der Waals surface area (Å²) in [5, 5.41) is 0. The number of hydrogen-bond donors (Lipinski definition) is 0. The summed E-state index contributed by atoms with van der Waals surface area (Å²) >= 11 is 0. The first kappa shape index (κ1) is 15.9. The summed E-state index contributed by atoms with van der Waals surface area (Å²) in [6, 6.07) is 2.04. The Morgan fingerprint density at radius 2 is 2.12 bits per heavy atom. The van der Waals surface area contributed by atoms with E-state index in [0.29, 0.717) is 37.1 Å². The van der Waals surface area contributed by atoms with Gasteiger partial charge in [0, 0.05) is 32.3 Å². The Labute approximate surface area is 145 Å². The molecule has 1 unspecified atom stereocenters. The molecule has 8 heteroatoms. The van der Waals surface area contributed by atoms with E-state index in [1.54, 1.807) is 35.4 Å². The van der Waals surface area contributed by atoms with E-state index < -0.39 is 5.60 Å². The molecule has 132 valence electrons. The van der Waals surface area contributed by atoms with Gasteiger partial charge in [0.2, 0.25) is 0 Å². The predicted molar refractivity (Wildman–Crippen MR) is 90.3 cm³/mol. The van der Waals surface area contributed by atoms with E-state index in [0.717, 1.165) is 5.65 Å². The van der Waals surface area contributed by atoms with Crippen molar-refractivity contribution in [3.05, 3.63) is 24.2 Å². The molecule has 4 heterocycles. The Bertz CT molecular complexity index is 861. The molecule has 0 aromatic carbocycles. The van der Waals surface area contributed by atoms with Gasteiger partial charge in [-0.1, -0.05) is 0 Å². The first-order valence-corrected chi connectivity index (χ1v) is 8.44. The first-order chi connectivity index (χ1) is 11.9. The summed E-state index contributed by atoms with van der Waals surface area (Å²) in [6.07, 6.45) is 3.68. The number of amides is 2. The second-order valence-electron chi connectivity index (χ2n) is 7.20. The van der Waals surface area contributed by atoms with Crippen molar-refractivity contribution in [1.29, 1.82) is 0 Å². The normalized spacial score (nSPS) is 23.3. The molecule has 4 rings (SSSR count). The van der Waals surface area contributed by atoms with Crippen LogP contribution >= 0.6 is 0 Å². The molecule has 2 aromatic rings. The van der Waals surface area contributed by atoms with E-state index in [1.165, 1.54) is 0 Å². The van der Waals surface area contributed by atoms with Crippen molar-refractivity contribution in [2.75, 3.05) is 26.7 Å². The summed E-state index contributed by atoms with van der Waals surface area (Å²) in [5.74, 6) is -0.101.